The first-order valence-electron chi connectivity index (χ1n) is 9.66. The minimum absolute atomic E-state index is 0.223. The highest BCUT2D eigenvalue weighted by atomic mass is 28.3. The van der Waals surface area contributed by atoms with Crippen LogP contribution >= 0.6 is 0 Å². The van der Waals surface area contributed by atoms with Gasteiger partial charge in [0, 0.05) is 11.3 Å². The highest BCUT2D eigenvalue weighted by molar-refractivity contribution is 6.84. The molecule has 0 aliphatic rings. The molecular formula is C24H39NSi2. The molecule has 0 rings (SSSR count). The Labute approximate surface area is 170 Å². The Balaban J connectivity index is 6.09. The molecule has 2 unspecified atom stereocenters. The minimum Gasteiger partial charge on any atom is -0.309 e. The summed E-state index contributed by atoms with van der Waals surface area (Å²) in [7, 11) is -3.68. The molecule has 0 aliphatic heterocycles. The zero-order valence-electron chi connectivity index (χ0n) is 17.2. The van der Waals surface area contributed by atoms with Gasteiger partial charge in [0.1, 0.15) is 0 Å². The van der Waals surface area contributed by atoms with Gasteiger partial charge in [0.2, 0.25) is 0 Å². The molecule has 0 aromatic heterocycles. The SMILES string of the molecule is C=CC[Si](CC=C)(CC=C)C(C=C)NC(C=C)[Si](CC=C)(CC=C)CC=C. The lowest BCUT2D eigenvalue weighted by Gasteiger charge is -2.43. The van der Waals surface area contributed by atoms with Gasteiger partial charge in [0.15, 0.2) is 0 Å². The Hall–Kier alpha value is -1.69. The maximum absolute atomic E-state index is 4.17. The van der Waals surface area contributed by atoms with Gasteiger partial charge in [-0.25, -0.2) is 0 Å². The van der Waals surface area contributed by atoms with Crippen LogP contribution in [0.15, 0.2) is 101 Å². The van der Waals surface area contributed by atoms with Crippen LogP contribution < -0.4 is 5.32 Å². The second kappa shape index (κ2) is 13.5. The standard InChI is InChI=1S/C24H39NSi2/c1-9-17-26(18-10-2,19-11-3)23(15-7)25-24(16-8)27(20-12-4,21-13-5)22-14-6/h9-16,23-25H,1-8,17-22H2. The molecule has 0 spiro atoms. The second-order valence-electron chi connectivity index (χ2n) is 7.27. The molecule has 3 heteroatoms. The third-order valence-corrected chi connectivity index (χ3v) is 15.5. The zero-order valence-corrected chi connectivity index (χ0v) is 19.2. The molecule has 0 aromatic rings. The molecule has 0 fully saturated rings. The summed E-state index contributed by atoms with van der Waals surface area (Å²) in [6.07, 6.45) is 16.4. The fourth-order valence-corrected chi connectivity index (χ4v) is 12.4. The number of hydrogen-bond donors (Lipinski definition) is 1. The monoisotopic (exact) mass is 397 g/mol. The number of hydrogen-bond acceptors (Lipinski definition) is 1. The lowest BCUT2D eigenvalue weighted by molar-refractivity contribution is 0.693. The highest BCUT2D eigenvalue weighted by Crippen LogP contribution is 2.32. The third kappa shape index (κ3) is 6.76. The van der Waals surface area contributed by atoms with Gasteiger partial charge in [-0.3, -0.25) is 0 Å². The summed E-state index contributed by atoms with van der Waals surface area (Å²) in [4.78, 5) is 0. The Bertz CT molecular complexity index is 446. The molecule has 2 atom stereocenters. The Morgan fingerprint density at radius 3 is 0.852 bits per heavy atom. The fourth-order valence-electron chi connectivity index (χ4n) is 4.17. The summed E-state index contributed by atoms with van der Waals surface area (Å²) < 4.78 is 0. The van der Waals surface area contributed by atoms with Gasteiger partial charge < -0.3 is 5.32 Å². The molecule has 27 heavy (non-hydrogen) atoms. The van der Waals surface area contributed by atoms with Crippen LogP contribution in [-0.2, 0) is 0 Å². The van der Waals surface area contributed by atoms with E-state index in [0.29, 0.717) is 0 Å². The molecule has 0 saturated heterocycles. The van der Waals surface area contributed by atoms with Crippen molar-refractivity contribution in [2.24, 2.45) is 0 Å². The van der Waals surface area contributed by atoms with Crippen molar-refractivity contribution in [2.45, 2.75) is 47.6 Å². The van der Waals surface area contributed by atoms with Gasteiger partial charge in [-0.05, 0) is 36.3 Å². The van der Waals surface area contributed by atoms with E-state index in [1.807, 2.05) is 36.5 Å². The first kappa shape index (κ1) is 25.3. The predicted octanol–water partition coefficient (Wildman–Crippen LogP) is 6.78. The van der Waals surface area contributed by atoms with E-state index in [1.54, 1.807) is 0 Å². The van der Waals surface area contributed by atoms with Crippen molar-refractivity contribution >= 4 is 16.1 Å². The average Bonchev–Trinajstić information content (AvgIpc) is 2.63. The van der Waals surface area contributed by atoms with E-state index in [-0.39, 0.29) is 11.3 Å². The molecule has 1 N–H and O–H groups in total. The lowest BCUT2D eigenvalue weighted by Crippen LogP contribution is -2.62. The Kier molecular flexibility index (Phi) is 12.6. The van der Waals surface area contributed by atoms with Crippen molar-refractivity contribution in [2.75, 3.05) is 0 Å². The van der Waals surface area contributed by atoms with Gasteiger partial charge >= 0.3 is 0 Å². The van der Waals surface area contributed by atoms with Crippen LogP contribution in [0.25, 0.3) is 0 Å². The van der Waals surface area contributed by atoms with E-state index in [0.717, 1.165) is 36.3 Å². The molecule has 0 amide bonds. The van der Waals surface area contributed by atoms with Crippen LogP contribution in [-0.4, -0.2) is 27.5 Å². The van der Waals surface area contributed by atoms with Crippen molar-refractivity contribution in [1.29, 1.82) is 0 Å². The largest absolute Gasteiger partial charge is 0.309 e. The zero-order chi connectivity index (χ0) is 20.8. The van der Waals surface area contributed by atoms with E-state index in [2.05, 4.69) is 70.1 Å². The van der Waals surface area contributed by atoms with Crippen LogP contribution in [0, 0.1) is 0 Å². The molecule has 0 bridgehead atoms. The molecule has 0 radical (unpaired) electrons. The first-order valence-corrected chi connectivity index (χ1v) is 15.1. The van der Waals surface area contributed by atoms with Crippen LogP contribution in [0.5, 0.6) is 0 Å². The van der Waals surface area contributed by atoms with Crippen LogP contribution in [0.4, 0.5) is 0 Å². The predicted molar refractivity (Wildman–Crippen MR) is 133 cm³/mol. The molecule has 1 nitrogen and oxygen atoms in total. The van der Waals surface area contributed by atoms with E-state index < -0.39 is 16.1 Å². The Morgan fingerprint density at radius 1 is 0.481 bits per heavy atom. The summed E-state index contributed by atoms with van der Waals surface area (Å²) in [6, 6.07) is 5.99. The maximum atomic E-state index is 4.17. The van der Waals surface area contributed by atoms with E-state index >= 15 is 0 Å². The third-order valence-electron chi connectivity index (χ3n) is 5.46. The topological polar surface area (TPSA) is 12.0 Å². The van der Waals surface area contributed by atoms with E-state index in [1.165, 1.54) is 0 Å². The van der Waals surface area contributed by atoms with Crippen molar-refractivity contribution in [3.63, 3.8) is 0 Å². The molecule has 0 heterocycles. The quantitative estimate of drug-likeness (QED) is 0.198. The first-order chi connectivity index (χ1) is 13.0. The van der Waals surface area contributed by atoms with Gasteiger partial charge in [-0.1, -0.05) is 48.6 Å². The van der Waals surface area contributed by atoms with Crippen LogP contribution in [0.3, 0.4) is 0 Å². The van der Waals surface area contributed by atoms with Crippen LogP contribution in [0.1, 0.15) is 0 Å². The Morgan fingerprint density at radius 2 is 0.704 bits per heavy atom. The summed E-state index contributed by atoms with van der Waals surface area (Å²) in [5.74, 6) is 0. The summed E-state index contributed by atoms with van der Waals surface area (Å²) in [5, 5.41) is 3.94. The fraction of sp³-hybridized carbons (Fsp3) is 0.333. The smallest absolute Gasteiger partial charge is 0.0885 e. The molecule has 148 valence electrons. The maximum Gasteiger partial charge on any atom is 0.0885 e. The van der Waals surface area contributed by atoms with Crippen molar-refractivity contribution in [3.05, 3.63) is 101 Å². The van der Waals surface area contributed by atoms with E-state index in [9.17, 15) is 0 Å². The number of rotatable bonds is 18. The summed E-state index contributed by atoms with van der Waals surface area (Å²) >= 11 is 0. The average molecular weight is 398 g/mol. The molecule has 0 aromatic carbocycles. The second-order valence-corrected chi connectivity index (χ2v) is 16.4. The summed E-state index contributed by atoms with van der Waals surface area (Å²) in [5.41, 5.74) is 0.446. The molecular weight excluding hydrogens is 358 g/mol. The van der Waals surface area contributed by atoms with Crippen molar-refractivity contribution in [3.8, 4) is 0 Å². The minimum atomic E-state index is -1.84. The number of nitrogens with one attached hydrogen (secondary N) is 1. The number of allylic oxidation sites excluding steroid dienone is 6. The van der Waals surface area contributed by atoms with Crippen molar-refractivity contribution in [1.82, 2.24) is 5.32 Å². The molecule has 0 aliphatic carbocycles. The normalized spacial score (nSPS) is 13.6. The van der Waals surface area contributed by atoms with Crippen LogP contribution in [0.2, 0.25) is 36.3 Å². The van der Waals surface area contributed by atoms with Gasteiger partial charge in [0.25, 0.3) is 0 Å². The summed E-state index contributed by atoms with van der Waals surface area (Å²) in [6.45, 7) is 32.4. The van der Waals surface area contributed by atoms with Gasteiger partial charge in [0.05, 0.1) is 16.1 Å². The lowest BCUT2D eigenvalue weighted by atomic mass is 10.5. The molecule has 0 saturated carbocycles. The van der Waals surface area contributed by atoms with Crippen molar-refractivity contribution < 1.29 is 0 Å². The highest BCUT2D eigenvalue weighted by Gasteiger charge is 2.42. The van der Waals surface area contributed by atoms with Gasteiger partial charge in [-0.15, -0.1) is 52.6 Å². The van der Waals surface area contributed by atoms with E-state index in [4.69, 9.17) is 0 Å². The van der Waals surface area contributed by atoms with Gasteiger partial charge in [-0.2, -0.15) is 0 Å².